The summed E-state index contributed by atoms with van der Waals surface area (Å²) < 4.78 is 66.1. The molecule has 0 heterocycles. The molecule has 1 aliphatic rings. The lowest BCUT2D eigenvalue weighted by Crippen LogP contribution is -2.27. The average Bonchev–Trinajstić information content (AvgIpc) is 0.808. The fourth-order valence-electron chi connectivity index (χ4n) is 11.3. The molecule has 0 saturated heterocycles. The van der Waals surface area contributed by atoms with Gasteiger partial charge in [0, 0.05) is 47.5 Å². The van der Waals surface area contributed by atoms with Gasteiger partial charge >= 0.3 is 23.9 Å². The molecular formula is C80H86Br2O14. The van der Waals surface area contributed by atoms with Crippen LogP contribution in [0.1, 0.15) is 161 Å². The lowest BCUT2D eigenvalue weighted by molar-refractivity contribution is -0.158. The van der Waals surface area contributed by atoms with E-state index in [0.29, 0.717) is 34.5 Å². The zero-order valence-electron chi connectivity index (χ0n) is 57.0. The van der Waals surface area contributed by atoms with E-state index in [1.54, 1.807) is 0 Å². The van der Waals surface area contributed by atoms with E-state index in [2.05, 4.69) is 31.9 Å². The number of carbonyl (C=O) groups is 4. The molecule has 504 valence electrons. The highest BCUT2D eigenvalue weighted by Crippen LogP contribution is 2.41. The van der Waals surface area contributed by atoms with Crippen LogP contribution in [0.5, 0.6) is 34.5 Å². The first kappa shape index (κ1) is 71.7. The van der Waals surface area contributed by atoms with Crippen LogP contribution in [0.25, 0.3) is 0 Å². The Morgan fingerprint density at radius 3 is 0.604 bits per heavy atom. The van der Waals surface area contributed by atoms with Crippen molar-refractivity contribution >= 4 is 55.7 Å². The molecule has 0 fully saturated rings. The van der Waals surface area contributed by atoms with E-state index in [9.17, 15) is 19.2 Å². The Morgan fingerprint density at radius 2 is 0.438 bits per heavy atom. The molecule has 0 saturated carbocycles. The molecule has 9 rings (SSSR count). The summed E-state index contributed by atoms with van der Waals surface area (Å²) in [6.45, 7) is 20.6. The van der Waals surface area contributed by atoms with E-state index in [1.165, 1.54) is 0 Å². The Bertz CT molecular complexity index is 3590. The Morgan fingerprint density at radius 1 is 0.271 bits per heavy atom. The zero-order valence-corrected chi connectivity index (χ0v) is 60.1. The van der Waals surface area contributed by atoms with Crippen molar-refractivity contribution in [2.45, 2.75) is 157 Å². The second-order valence-corrected chi connectivity index (χ2v) is 29.7. The van der Waals surface area contributed by atoms with Gasteiger partial charge < -0.3 is 47.4 Å². The molecule has 0 spiro atoms. The van der Waals surface area contributed by atoms with Crippen LogP contribution in [-0.4, -0.2) is 72.7 Å². The fraction of sp³-hybridized carbons (Fsp3) is 0.350. The molecular weight excluding hydrogens is 1340 g/mol. The minimum Gasteiger partial charge on any atom is -0.488 e. The molecule has 8 aromatic rings. The van der Waals surface area contributed by atoms with Gasteiger partial charge in [-0.3, -0.25) is 0 Å². The summed E-state index contributed by atoms with van der Waals surface area (Å²) >= 11 is 7.18. The van der Waals surface area contributed by atoms with Crippen LogP contribution in [-0.2, 0) is 89.9 Å². The highest BCUT2D eigenvalue weighted by Gasteiger charge is 2.28. The predicted molar refractivity (Wildman–Crippen MR) is 378 cm³/mol. The number of benzene rings is 8. The number of esters is 4. The van der Waals surface area contributed by atoms with Crippen LogP contribution < -0.4 is 28.4 Å². The van der Waals surface area contributed by atoms with Crippen LogP contribution in [0, 0.1) is 0 Å². The van der Waals surface area contributed by atoms with Gasteiger partial charge in [0.2, 0.25) is 0 Å². The summed E-state index contributed by atoms with van der Waals surface area (Å²) in [5.74, 6) is 0.895. The Hall–Kier alpha value is -8.60. The average molecular weight is 1430 g/mol. The summed E-state index contributed by atoms with van der Waals surface area (Å²) in [6, 6.07) is 51.6. The van der Waals surface area contributed by atoms with Gasteiger partial charge in [-0.15, -0.1) is 0 Å². The smallest absolute Gasteiger partial charge is 0.344 e. The van der Waals surface area contributed by atoms with Crippen molar-refractivity contribution in [3.05, 3.63) is 245 Å². The summed E-state index contributed by atoms with van der Waals surface area (Å²) in [7, 11) is 0. The van der Waals surface area contributed by atoms with Crippen molar-refractivity contribution in [2.75, 3.05) is 26.4 Å². The third-order valence-corrected chi connectivity index (χ3v) is 16.0. The second kappa shape index (κ2) is 31.5. The second-order valence-electron chi connectivity index (χ2n) is 27.8. The van der Waals surface area contributed by atoms with Gasteiger partial charge in [-0.25, -0.2) is 19.2 Å². The topological polar surface area (TPSA) is 161 Å². The number of hydrogen-bond donors (Lipinski definition) is 0. The third-order valence-electron chi connectivity index (χ3n) is 15.0. The van der Waals surface area contributed by atoms with Crippen LogP contribution >= 0.6 is 31.9 Å². The molecule has 16 heteroatoms. The number of rotatable bonds is 18. The number of halogens is 2. The molecule has 0 amide bonds. The first-order valence-corrected chi connectivity index (χ1v) is 33.8. The van der Waals surface area contributed by atoms with Gasteiger partial charge in [0.15, 0.2) is 26.4 Å². The monoisotopic (exact) mass is 1430 g/mol. The van der Waals surface area contributed by atoms with E-state index in [0.717, 1.165) is 86.8 Å². The molecule has 0 atom stereocenters. The molecule has 0 aliphatic heterocycles. The lowest BCUT2D eigenvalue weighted by atomic mass is 9.91. The van der Waals surface area contributed by atoms with E-state index >= 15 is 0 Å². The molecule has 12 bridgehead atoms. The standard InChI is InChI=1S/C80H86Br2O14/c1-77(2,3)93-67(83)47-89-73-57-23-15-27-61(73)43-62-28-16-24-58(74(62)90-48-68(84)94-78(4,5)6)41-55-21-14-22-56(72(55)88-46-52-33-37-66(82)38-34-52)42-60-26-18-30-64(76(60)92-50-70(86)96-80(10,11)12)44-63-29-17-25-59(75(63)91-49-69(85)95-79(7,8)9)40-54-20-13-19-53(39-57)71(54)87-45-51-31-35-65(81)36-32-51/h13-38H,39-50H2,1-12H3. The van der Waals surface area contributed by atoms with Crippen LogP contribution in [0.3, 0.4) is 0 Å². The maximum absolute atomic E-state index is 13.7. The first-order valence-electron chi connectivity index (χ1n) is 32.3. The molecule has 8 aromatic carbocycles. The third kappa shape index (κ3) is 21.2. The number of para-hydroxylation sites is 6. The maximum Gasteiger partial charge on any atom is 0.344 e. The molecule has 0 aromatic heterocycles. The van der Waals surface area contributed by atoms with Crippen molar-refractivity contribution < 1.29 is 66.5 Å². The van der Waals surface area contributed by atoms with Crippen molar-refractivity contribution in [2.24, 2.45) is 0 Å². The maximum atomic E-state index is 13.7. The number of hydrogen-bond acceptors (Lipinski definition) is 14. The predicted octanol–water partition coefficient (Wildman–Crippen LogP) is 17.1. The van der Waals surface area contributed by atoms with Crippen LogP contribution in [0.15, 0.2) is 167 Å². The molecule has 0 radical (unpaired) electrons. The number of carbonyl (C=O) groups excluding carboxylic acids is 4. The number of ether oxygens (including phenoxy) is 10. The van der Waals surface area contributed by atoms with Crippen molar-refractivity contribution in [3.8, 4) is 34.5 Å². The molecule has 0 unspecified atom stereocenters. The minimum atomic E-state index is -0.781. The molecule has 96 heavy (non-hydrogen) atoms. The normalized spacial score (nSPS) is 12.6. The Kier molecular flexibility index (Phi) is 23.5. The lowest BCUT2D eigenvalue weighted by Gasteiger charge is -2.24. The summed E-state index contributed by atoms with van der Waals surface area (Å²) in [5, 5.41) is 0. The van der Waals surface area contributed by atoms with Crippen molar-refractivity contribution in [1.82, 2.24) is 0 Å². The van der Waals surface area contributed by atoms with E-state index in [-0.39, 0.29) is 78.2 Å². The van der Waals surface area contributed by atoms with Gasteiger partial charge in [-0.1, -0.05) is 165 Å². The summed E-state index contributed by atoms with van der Waals surface area (Å²) in [4.78, 5) is 54.9. The largest absolute Gasteiger partial charge is 0.488 e. The van der Waals surface area contributed by atoms with Crippen molar-refractivity contribution in [1.29, 1.82) is 0 Å². The highest BCUT2D eigenvalue weighted by molar-refractivity contribution is 9.10. The zero-order chi connectivity index (χ0) is 69.0. The van der Waals surface area contributed by atoms with Gasteiger partial charge in [-0.2, -0.15) is 0 Å². The Balaban J connectivity index is 1.29. The van der Waals surface area contributed by atoms with E-state index in [1.807, 2.05) is 241 Å². The first-order chi connectivity index (χ1) is 45.5. The van der Waals surface area contributed by atoms with Crippen LogP contribution in [0.2, 0.25) is 0 Å². The summed E-state index contributed by atoms with van der Waals surface area (Å²) in [6.07, 6.45) is 1.61. The van der Waals surface area contributed by atoms with Crippen molar-refractivity contribution in [3.63, 3.8) is 0 Å². The SMILES string of the molecule is CC(C)(C)OC(=O)COc1c2cccc1Cc1cccc(c1OCc1ccc(Br)cc1)Cc1cccc(c1OCC(=O)OC(C)(C)C)Cc1cccc(c1OCC(=O)OC(C)(C)C)Cc1cccc(c1OCc1ccc(Br)cc1)Cc1cccc(c1OCC(=O)OC(C)(C)C)C2. The molecule has 1 aliphatic carbocycles. The quantitative estimate of drug-likeness (QED) is 0.0589. The minimum absolute atomic E-state index is 0.217. The number of fused-ring (bicyclic) bond motifs is 12. The highest BCUT2D eigenvalue weighted by atomic mass is 79.9. The van der Waals surface area contributed by atoms with Gasteiger partial charge in [0.25, 0.3) is 0 Å². The van der Waals surface area contributed by atoms with E-state index < -0.39 is 46.3 Å². The van der Waals surface area contributed by atoms with Gasteiger partial charge in [0.1, 0.15) is 70.1 Å². The van der Waals surface area contributed by atoms with Gasteiger partial charge in [0.05, 0.1) is 0 Å². The Labute approximate surface area is 581 Å². The fourth-order valence-corrected chi connectivity index (χ4v) is 11.9. The molecule has 14 nitrogen and oxygen atoms in total. The molecule has 0 N–H and O–H groups in total. The van der Waals surface area contributed by atoms with Gasteiger partial charge in [-0.05, 0) is 185 Å². The summed E-state index contributed by atoms with van der Waals surface area (Å²) in [5.41, 5.74) is 7.94. The van der Waals surface area contributed by atoms with Crippen LogP contribution in [0.4, 0.5) is 0 Å². The van der Waals surface area contributed by atoms with E-state index in [4.69, 9.17) is 47.4 Å².